The Morgan fingerprint density at radius 1 is 1.29 bits per heavy atom. The Bertz CT molecular complexity index is 237. The van der Waals surface area contributed by atoms with Crippen LogP contribution >= 0.6 is 0 Å². The molecule has 1 atom stereocenters. The molecule has 0 saturated carbocycles. The fourth-order valence-electron chi connectivity index (χ4n) is 1.34. The molecule has 0 saturated heterocycles. The van der Waals surface area contributed by atoms with E-state index in [1.165, 1.54) is 7.05 Å². The number of hydrogen-bond donors (Lipinski definition) is 3. The van der Waals surface area contributed by atoms with Gasteiger partial charge in [0, 0.05) is 19.6 Å². The molecule has 0 aliphatic carbocycles. The van der Waals surface area contributed by atoms with Crippen molar-refractivity contribution in [2.75, 3.05) is 13.6 Å². The molecule has 0 bridgehead atoms. The van der Waals surface area contributed by atoms with E-state index in [-0.39, 0.29) is 12.6 Å². The molecule has 1 unspecified atom stereocenters. The fourth-order valence-corrected chi connectivity index (χ4v) is 1.90. The van der Waals surface area contributed by atoms with Crippen LogP contribution in [0.1, 0.15) is 26.7 Å². The summed E-state index contributed by atoms with van der Waals surface area (Å²) in [4.78, 5) is 0. The minimum Gasteiger partial charge on any atom is -0.326 e. The number of hydrogen-bond acceptors (Lipinski definition) is 3. The maximum atomic E-state index is 11.0. The topological polar surface area (TPSA) is 84.2 Å². The normalized spacial score (nSPS) is 14.6. The van der Waals surface area contributed by atoms with Gasteiger partial charge in [-0.1, -0.05) is 26.7 Å². The summed E-state index contributed by atoms with van der Waals surface area (Å²) in [5.41, 5.74) is 5.85. The Kier molecular flexibility index (Phi) is 6.26. The molecule has 0 radical (unpaired) electrons. The van der Waals surface area contributed by atoms with Crippen molar-refractivity contribution in [3.63, 3.8) is 0 Å². The number of nitrogens with one attached hydrogen (secondary N) is 2. The van der Waals surface area contributed by atoms with Crippen molar-refractivity contribution >= 4 is 10.2 Å². The molecule has 0 heterocycles. The van der Waals surface area contributed by atoms with Gasteiger partial charge in [-0.3, -0.25) is 0 Å². The van der Waals surface area contributed by atoms with Crippen LogP contribution in [0.15, 0.2) is 0 Å². The molecule has 0 fully saturated rings. The molecule has 4 N–H and O–H groups in total. The minimum atomic E-state index is -3.34. The fraction of sp³-hybridized carbons (Fsp3) is 1.00. The van der Waals surface area contributed by atoms with E-state index in [2.05, 4.69) is 23.3 Å². The Balaban J connectivity index is 4.01. The molecule has 5 nitrogen and oxygen atoms in total. The van der Waals surface area contributed by atoms with E-state index < -0.39 is 10.2 Å². The summed E-state index contributed by atoms with van der Waals surface area (Å²) in [5, 5.41) is 0. The van der Waals surface area contributed by atoms with E-state index in [0.717, 1.165) is 12.8 Å². The average molecular weight is 223 g/mol. The van der Waals surface area contributed by atoms with Gasteiger partial charge in [-0.05, 0) is 5.92 Å². The van der Waals surface area contributed by atoms with Crippen LogP contribution < -0.4 is 15.2 Å². The summed E-state index contributed by atoms with van der Waals surface area (Å²) in [6, 6.07) is -0.117. The van der Waals surface area contributed by atoms with Crippen LogP contribution in [-0.4, -0.2) is 28.1 Å². The molecular weight excluding hydrogens is 202 g/mol. The summed E-state index contributed by atoms with van der Waals surface area (Å²) >= 11 is 0. The molecule has 0 aromatic rings. The van der Waals surface area contributed by atoms with Gasteiger partial charge in [-0.2, -0.15) is 8.42 Å². The van der Waals surface area contributed by atoms with E-state index >= 15 is 0 Å². The molecular formula is C8H21N3O2S. The predicted molar refractivity (Wildman–Crippen MR) is 58.0 cm³/mol. The zero-order valence-corrected chi connectivity index (χ0v) is 9.89. The standard InChI is InChI=1S/C8H21N3O2S/c1-4-7(5-2)8(9)6-11-14(12,13)10-3/h7-8,10-11H,4-6,9H2,1-3H3. The van der Waals surface area contributed by atoms with Crippen molar-refractivity contribution in [3.05, 3.63) is 0 Å². The number of nitrogens with two attached hydrogens (primary N) is 1. The van der Waals surface area contributed by atoms with Crippen molar-refractivity contribution < 1.29 is 8.42 Å². The van der Waals surface area contributed by atoms with E-state index in [9.17, 15) is 8.42 Å². The third kappa shape index (κ3) is 4.90. The van der Waals surface area contributed by atoms with Gasteiger partial charge in [0.1, 0.15) is 0 Å². The van der Waals surface area contributed by atoms with Gasteiger partial charge in [0.25, 0.3) is 10.2 Å². The molecule has 0 rings (SSSR count). The van der Waals surface area contributed by atoms with Crippen molar-refractivity contribution in [2.24, 2.45) is 11.7 Å². The number of rotatable bonds is 7. The molecule has 0 spiro atoms. The highest BCUT2D eigenvalue weighted by molar-refractivity contribution is 7.87. The van der Waals surface area contributed by atoms with Crippen LogP contribution in [0.3, 0.4) is 0 Å². The second-order valence-electron chi connectivity index (χ2n) is 3.30. The van der Waals surface area contributed by atoms with Crippen LogP contribution in [0.4, 0.5) is 0 Å². The summed E-state index contributed by atoms with van der Waals surface area (Å²) in [7, 11) is -1.98. The lowest BCUT2D eigenvalue weighted by molar-refractivity contribution is 0.392. The Morgan fingerprint density at radius 3 is 2.14 bits per heavy atom. The monoisotopic (exact) mass is 223 g/mol. The van der Waals surface area contributed by atoms with Gasteiger partial charge >= 0.3 is 0 Å². The lowest BCUT2D eigenvalue weighted by Gasteiger charge is -2.21. The van der Waals surface area contributed by atoms with Crippen molar-refractivity contribution in [1.29, 1.82) is 0 Å². The van der Waals surface area contributed by atoms with Crippen molar-refractivity contribution in [1.82, 2.24) is 9.44 Å². The molecule has 14 heavy (non-hydrogen) atoms. The molecule has 0 aliphatic heterocycles. The predicted octanol–water partition coefficient (Wildman–Crippen LogP) is -0.196. The third-order valence-corrected chi connectivity index (χ3v) is 3.52. The Labute approximate surface area is 86.6 Å². The highest BCUT2D eigenvalue weighted by atomic mass is 32.2. The van der Waals surface area contributed by atoms with Gasteiger partial charge in [0.05, 0.1) is 0 Å². The zero-order valence-electron chi connectivity index (χ0n) is 9.08. The maximum absolute atomic E-state index is 11.0. The lowest BCUT2D eigenvalue weighted by atomic mass is 9.95. The maximum Gasteiger partial charge on any atom is 0.276 e. The van der Waals surface area contributed by atoms with Gasteiger partial charge in [-0.25, -0.2) is 9.44 Å². The summed E-state index contributed by atoms with van der Waals surface area (Å²) < 4.78 is 26.6. The van der Waals surface area contributed by atoms with Crippen LogP contribution in [0, 0.1) is 5.92 Å². The third-order valence-electron chi connectivity index (χ3n) is 2.43. The zero-order chi connectivity index (χ0) is 11.2. The largest absolute Gasteiger partial charge is 0.326 e. The Morgan fingerprint density at radius 2 is 1.79 bits per heavy atom. The highest BCUT2D eigenvalue weighted by Crippen LogP contribution is 2.10. The SMILES string of the molecule is CCC(CC)C(N)CNS(=O)(=O)NC. The van der Waals surface area contributed by atoms with Crippen LogP contribution in [0.25, 0.3) is 0 Å². The first-order valence-corrected chi connectivity index (χ1v) is 6.38. The molecule has 86 valence electrons. The van der Waals surface area contributed by atoms with E-state index in [1.807, 2.05) is 0 Å². The average Bonchev–Trinajstić information content (AvgIpc) is 2.17. The quantitative estimate of drug-likeness (QED) is 0.559. The van der Waals surface area contributed by atoms with Crippen molar-refractivity contribution in [3.8, 4) is 0 Å². The first kappa shape index (κ1) is 13.8. The van der Waals surface area contributed by atoms with E-state index in [1.54, 1.807) is 0 Å². The summed E-state index contributed by atoms with van der Waals surface area (Å²) in [6.45, 7) is 4.40. The Hall–Kier alpha value is -0.170. The summed E-state index contributed by atoms with van der Waals surface area (Å²) in [5.74, 6) is 0.370. The van der Waals surface area contributed by atoms with Gasteiger partial charge in [-0.15, -0.1) is 0 Å². The lowest BCUT2D eigenvalue weighted by Crippen LogP contribution is -2.44. The second-order valence-corrected chi connectivity index (χ2v) is 5.00. The smallest absolute Gasteiger partial charge is 0.276 e. The van der Waals surface area contributed by atoms with Crippen molar-refractivity contribution in [2.45, 2.75) is 32.7 Å². The molecule has 6 heteroatoms. The first-order chi connectivity index (χ1) is 6.46. The minimum absolute atomic E-state index is 0.117. The molecule has 0 aromatic carbocycles. The van der Waals surface area contributed by atoms with Crippen LogP contribution in [-0.2, 0) is 10.2 Å². The first-order valence-electron chi connectivity index (χ1n) is 4.90. The van der Waals surface area contributed by atoms with Gasteiger partial charge in [0.15, 0.2) is 0 Å². The summed E-state index contributed by atoms with van der Waals surface area (Å²) in [6.07, 6.45) is 1.94. The van der Waals surface area contributed by atoms with E-state index in [4.69, 9.17) is 5.73 Å². The van der Waals surface area contributed by atoms with Crippen LogP contribution in [0.2, 0.25) is 0 Å². The molecule has 0 aliphatic rings. The highest BCUT2D eigenvalue weighted by Gasteiger charge is 2.16. The van der Waals surface area contributed by atoms with Crippen LogP contribution in [0.5, 0.6) is 0 Å². The van der Waals surface area contributed by atoms with Gasteiger partial charge < -0.3 is 5.73 Å². The second kappa shape index (κ2) is 6.34. The molecule has 0 aromatic heterocycles. The van der Waals surface area contributed by atoms with Gasteiger partial charge in [0.2, 0.25) is 0 Å². The molecule has 0 amide bonds. The van der Waals surface area contributed by atoms with E-state index in [0.29, 0.717) is 5.92 Å².